The van der Waals surface area contributed by atoms with Gasteiger partial charge in [-0.2, -0.15) is 17.7 Å². The zero-order valence-electron chi connectivity index (χ0n) is 16.1. The van der Waals surface area contributed by atoms with E-state index in [0.717, 1.165) is 17.2 Å². The third kappa shape index (κ3) is 3.67. The molecule has 0 saturated heterocycles. The van der Waals surface area contributed by atoms with Crippen LogP contribution in [0.1, 0.15) is 17.0 Å². The summed E-state index contributed by atoms with van der Waals surface area (Å²) in [5.74, 6) is 1.21. The number of pyridine rings is 1. The lowest BCUT2D eigenvalue weighted by Crippen LogP contribution is -2.39. The Morgan fingerprint density at radius 1 is 0.750 bits per heavy atom. The van der Waals surface area contributed by atoms with Crippen LogP contribution >= 0.6 is 0 Å². The number of aryl methyl sites for hydroxylation is 2. The molecule has 28 heavy (non-hydrogen) atoms. The number of hydrogen-bond donors (Lipinski definition) is 0. The number of methoxy groups -OCH3 is 2. The average molecular weight is 388 g/mol. The van der Waals surface area contributed by atoms with Crippen LogP contribution in [0.5, 0.6) is 11.5 Å². The minimum Gasteiger partial charge on any atom is -0.493 e. The first-order valence-corrected chi connectivity index (χ1v) is 8.68. The lowest BCUT2D eigenvalue weighted by molar-refractivity contribution is -0.610. The lowest BCUT2D eigenvalue weighted by atomic mass is 10.0. The van der Waals surface area contributed by atoms with E-state index in [2.05, 4.69) is 0 Å². The molecular formula is C22H21F3NO2+. The van der Waals surface area contributed by atoms with E-state index in [1.807, 2.05) is 24.3 Å². The molecule has 3 nitrogen and oxygen atoms in total. The van der Waals surface area contributed by atoms with Crippen molar-refractivity contribution in [2.75, 3.05) is 14.2 Å². The number of halogens is 3. The maximum absolute atomic E-state index is 13.5. The highest BCUT2D eigenvalue weighted by molar-refractivity contribution is 5.67. The minimum absolute atomic E-state index is 0.115. The summed E-state index contributed by atoms with van der Waals surface area (Å²) in [6.45, 7) is 3.59. The van der Waals surface area contributed by atoms with E-state index in [1.54, 1.807) is 44.8 Å². The maximum Gasteiger partial charge on any atom is 0.422 e. The molecule has 6 heteroatoms. The average Bonchev–Trinajstić information content (AvgIpc) is 2.66. The van der Waals surface area contributed by atoms with Crippen molar-refractivity contribution in [1.82, 2.24) is 0 Å². The molecule has 0 bridgehead atoms. The molecule has 0 saturated carbocycles. The Balaban J connectivity index is 2.14. The number of ether oxygens (including phenoxy) is 2. The second kappa shape index (κ2) is 7.54. The summed E-state index contributed by atoms with van der Waals surface area (Å²) in [5.41, 5.74) is 2.62. The lowest BCUT2D eigenvalue weighted by Gasteiger charge is -2.13. The molecule has 146 valence electrons. The van der Waals surface area contributed by atoms with Crippen molar-refractivity contribution in [3.8, 4) is 28.3 Å². The van der Waals surface area contributed by atoms with E-state index < -0.39 is 11.7 Å². The number of rotatable bonds is 4. The van der Waals surface area contributed by atoms with E-state index in [9.17, 15) is 13.2 Å². The van der Waals surface area contributed by atoms with Crippen LogP contribution in [0.25, 0.3) is 16.8 Å². The van der Waals surface area contributed by atoms with Gasteiger partial charge in [0.15, 0.2) is 22.9 Å². The zero-order chi connectivity index (χ0) is 20.5. The smallest absolute Gasteiger partial charge is 0.422 e. The van der Waals surface area contributed by atoms with E-state index in [4.69, 9.17) is 9.47 Å². The molecule has 0 amide bonds. The van der Waals surface area contributed by atoms with Crippen molar-refractivity contribution in [2.24, 2.45) is 0 Å². The second-order valence-corrected chi connectivity index (χ2v) is 6.45. The van der Waals surface area contributed by atoms with Gasteiger partial charge in [0.1, 0.15) is 5.56 Å². The molecule has 0 aliphatic heterocycles. The summed E-state index contributed by atoms with van der Waals surface area (Å²) in [5, 5.41) is 0. The van der Waals surface area contributed by atoms with Gasteiger partial charge >= 0.3 is 6.18 Å². The fourth-order valence-electron chi connectivity index (χ4n) is 3.37. The van der Waals surface area contributed by atoms with E-state index in [1.165, 1.54) is 12.1 Å². The first kappa shape index (κ1) is 19.7. The van der Waals surface area contributed by atoms with Crippen LogP contribution in [-0.4, -0.2) is 14.2 Å². The highest BCUT2D eigenvalue weighted by Crippen LogP contribution is 2.34. The Labute approximate surface area is 162 Å². The molecule has 3 aromatic rings. The Kier molecular flexibility index (Phi) is 5.31. The van der Waals surface area contributed by atoms with Crippen molar-refractivity contribution < 1.29 is 27.2 Å². The fourth-order valence-corrected chi connectivity index (χ4v) is 3.37. The number of benzene rings is 2. The van der Waals surface area contributed by atoms with Gasteiger partial charge in [-0.05, 0) is 29.3 Å². The standard InChI is InChI=1S/C22H21F3NO2/c1-14-11-17(16-9-10-20(27-3)21(13-16)28-4)12-15(2)26(14)19-8-6-5-7-18(19)22(23,24)25/h5-13H,1-4H3/q+1. The summed E-state index contributed by atoms with van der Waals surface area (Å²) in [4.78, 5) is 0. The first-order chi connectivity index (χ1) is 13.3. The second-order valence-electron chi connectivity index (χ2n) is 6.45. The van der Waals surface area contributed by atoms with Crippen molar-refractivity contribution in [3.63, 3.8) is 0 Å². The van der Waals surface area contributed by atoms with Crippen LogP contribution in [-0.2, 0) is 6.18 Å². The molecule has 0 N–H and O–H groups in total. The van der Waals surface area contributed by atoms with Gasteiger partial charge in [-0.25, -0.2) is 0 Å². The Morgan fingerprint density at radius 3 is 1.93 bits per heavy atom. The summed E-state index contributed by atoms with van der Waals surface area (Å²) >= 11 is 0. The van der Waals surface area contributed by atoms with Crippen molar-refractivity contribution in [1.29, 1.82) is 0 Å². The molecule has 3 rings (SSSR count). The highest BCUT2D eigenvalue weighted by atomic mass is 19.4. The van der Waals surface area contributed by atoms with Crippen LogP contribution in [0, 0.1) is 13.8 Å². The fraction of sp³-hybridized carbons (Fsp3) is 0.227. The maximum atomic E-state index is 13.5. The zero-order valence-corrected chi connectivity index (χ0v) is 16.1. The first-order valence-electron chi connectivity index (χ1n) is 8.68. The van der Waals surface area contributed by atoms with Gasteiger partial charge in [-0.3, -0.25) is 0 Å². The number of aromatic nitrogens is 1. The van der Waals surface area contributed by atoms with Gasteiger partial charge in [0, 0.05) is 32.0 Å². The number of hydrogen-bond acceptors (Lipinski definition) is 2. The Morgan fingerprint density at radius 2 is 1.36 bits per heavy atom. The summed E-state index contributed by atoms with van der Waals surface area (Å²) in [6.07, 6.45) is -4.43. The van der Waals surface area contributed by atoms with Gasteiger partial charge in [-0.15, -0.1) is 0 Å². The summed E-state index contributed by atoms with van der Waals surface area (Å²) < 4.78 is 52.6. The van der Waals surface area contributed by atoms with Crippen LogP contribution in [0.15, 0.2) is 54.6 Å². The van der Waals surface area contributed by atoms with Crippen LogP contribution in [0.3, 0.4) is 0 Å². The van der Waals surface area contributed by atoms with E-state index in [0.29, 0.717) is 22.9 Å². The quantitative estimate of drug-likeness (QED) is 0.567. The molecular weight excluding hydrogens is 367 g/mol. The molecule has 1 heterocycles. The molecule has 0 fully saturated rings. The molecule has 2 aromatic carbocycles. The van der Waals surface area contributed by atoms with Gasteiger partial charge < -0.3 is 9.47 Å². The topological polar surface area (TPSA) is 22.3 Å². The van der Waals surface area contributed by atoms with E-state index >= 15 is 0 Å². The summed E-state index contributed by atoms with van der Waals surface area (Å²) in [6, 6.07) is 14.9. The number of nitrogens with zero attached hydrogens (tertiary/aromatic N) is 1. The predicted octanol–water partition coefficient (Wildman–Crippen LogP) is 5.28. The third-order valence-electron chi connectivity index (χ3n) is 4.60. The predicted molar refractivity (Wildman–Crippen MR) is 101 cm³/mol. The SMILES string of the molecule is COc1ccc(-c2cc(C)[n+](-c3ccccc3C(F)(F)F)c(C)c2)cc1OC. The van der Waals surface area contributed by atoms with E-state index in [-0.39, 0.29) is 5.69 Å². The van der Waals surface area contributed by atoms with Crippen LogP contribution < -0.4 is 14.0 Å². The molecule has 0 atom stereocenters. The van der Waals surface area contributed by atoms with Gasteiger partial charge in [0.2, 0.25) is 5.69 Å². The van der Waals surface area contributed by atoms with Crippen LogP contribution in [0.2, 0.25) is 0 Å². The van der Waals surface area contributed by atoms with Gasteiger partial charge in [0.25, 0.3) is 0 Å². The van der Waals surface area contributed by atoms with Crippen LogP contribution in [0.4, 0.5) is 13.2 Å². The molecule has 1 aromatic heterocycles. The molecule has 0 aliphatic rings. The highest BCUT2D eigenvalue weighted by Gasteiger charge is 2.37. The number of para-hydroxylation sites is 1. The van der Waals surface area contributed by atoms with Gasteiger partial charge in [-0.1, -0.05) is 18.2 Å². The third-order valence-corrected chi connectivity index (χ3v) is 4.60. The molecule has 0 radical (unpaired) electrons. The van der Waals surface area contributed by atoms with Crippen molar-refractivity contribution in [3.05, 3.63) is 71.5 Å². The molecule has 0 spiro atoms. The monoisotopic (exact) mass is 388 g/mol. The van der Waals surface area contributed by atoms with Crippen molar-refractivity contribution in [2.45, 2.75) is 20.0 Å². The Hall–Kier alpha value is -3.02. The van der Waals surface area contributed by atoms with Gasteiger partial charge in [0.05, 0.1) is 14.2 Å². The van der Waals surface area contributed by atoms with Crippen molar-refractivity contribution >= 4 is 0 Å². The molecule has 0 aliphatic carbocycles. The normalized spacial score (nSPS) is 11.4. The number of alkyl halides is 3. The summed E-state index contributed by atoms with van der Waals surface area (Å²) in [7, 11) is 3.13. The molecule has 0 unspecified atom stereocenters. The largest absolute Gasteiger partial charge is 0.493 e. The Bertz CT molecular complexity index is 990. The minimum atomic E-state index is -4.43.